The highest BCUT2D eigenvalue weighted by atomic mass is 19.4. The smallest absolute Gasteiger partial charge is 0.372 e. The Morgan fingerprint density at radius 3 is 2.21 bits per heavy atom. The lowest BCUT2D eigenvalue weighted by Gasteiger charge is -2.53. The molecule has 0 radical (unpaired) electrons. The van der Waals surface area contributed by atoms with Crippen molar-refractivity contribution >= 4 is 23.1 Å². The van der Waals surface area contributed by atoms with Crippen LogP contribution in [0.15, 0.2) is 24.4 Å². The molecule has 1 aromatic heterocycles. The predicted octanol–water partition coefficient (Wildman–Crippen LogP) is 6.06. The molecule has 4 rings (SSSR count). The van der Waals surface area contributed by atoms with Crippen molar-refractivity contribution in [1.82, 2.24) is 14.9 Å². The van der Waals surface area contributed by atoms with Crippen molar-refractivity contribution < 1.29 is 22.3 Å². The van der Waals surface area contributed by atoms with E-state index >= 15 is 0 Å². The summed E-state index contributed by atoms with van der Waals surface area (Å²) in [6.07, 6.45) is -2.36. The molecule has 2 aliphatic rings. The van der Waals surface area contributed by atoms with Crippen LogP contribution in [-0.2, 0) is 10.9 Å². The normalized spacial score (nSPS) is 24.3. The standard InChI is InChI=1S/C27H38F4N6O/c1-16-14-37(15-17(2)38-16)22-9-8-18(10-20(22)27(29,30)31)34-24-32-13-21(28)23(35-24)33-19-11-25(3,4)36(7)26(5,6)12-19/h8-10,13,16-17,19H,11-12,14-15H2,1-7H3,(H2,32,33,34,35). The molecule has 2 aromatic rings. The molecule has 11 heteroatoms. The molecule has 2 fully saturated rings. The largest absolute Gasteiger partial charge is 0.418 e. The highest BCUT2D eigenvalue weighted by Gasteiger charge is 2.43. The van der Waals surface area contributed by atoms with Gasteiger partial charge in [-0.25, -0.2) is 9.37 Å². The number of nitrogens with one attached hydrogen (secondary N) is 2. The Bertz CT molecular complexity index is 1130. The van der Waals surface area contributed by atoms with Gasteiger partial charge < -0.3 is 20.3 Å². The van der Waals surface area contributed by atoms with Gasteiger partial charge in [0.1, 0.15) is 0 Å². The molecular weight excluding hydrogens is 500 g/mol. The average Bonchev–Trinajstić information content (AvgIpc) is 2.78. The van der Waals surface area contributed by atoms with E-state index in [0.717, 1.165) is 25.1 Å². The summed E-state index contributed by atoms with van der Waals surface area (Å²) in [5.74, 6) is -0.588. The highest BCUT2D eigenvalue weighted by Crippen LogP contribution is 2.40. The second-order valence-corrected chi connectivity index (χ2v) is 11.8. The van der Waals surface area contributed by atoms with Gasteiger partial charge in [-0.2, -0.15) is 18.2 Å². The number of likely N-dealkylation sites (tertiary alicyclic amines) is 1. The van der Waals surface area contributed by atoms with Gasteiger partial charge in [-0.05, 0) is 79.6 Å². The number of anilines is 4. The van der Waals surface area contributed by atoms with Gasteiger partial charge in [-0.15, -0.1) is 0 Å². The van der Waals surface area contributed by atoms with Crippen LogP contribution in [0.4, 0.5) is 40.7 Å². The molecule has 0 bridgehead atoms. The molecule has 2 saturated heterocycles. The second kappa shape index (κ2) is 10.1. The number of alkyl halides is 3. The van der Waals surface area contributed by atoms with Crippen molar-refractivity contribution in [1.29, 1.82) is 0 Å². The van der Waals surface area contributed by atoms with Crippen LogP contribution in [0.1, 0.15) is 59.9 Å². The Labute approximate surface area is 222 Å². The van der Waals surface area contributed by atoms with Gasteiger partial charge in [0, 0.05) is 41.6 Å². The lowest BCUT2D eigenvalue weighted by molar-refractivity contribution is -0.137. The first kappa shape index (κ1) is 28.4. The van der Waals surface area contributed by atoms with Crippen molar-refractivity contribution in [3.63, 3.8) is 0 Å². The zero-order valence-electron chi connectivity index (χ0n) is 23.1. The summed E-state index contributed by atoms with van der Waals surface area (Å²) < 4.78 is 62.6. The van der Waals surface area contributed by atoms with Gasteiger partial charge in [0.2, 0.25) is 5.95 Å². The van der Waals surface area contributed by atoms with Crippen LogP contribution in [0.25, 0.3) is 0 Å². The Morgan fingerprint density at radius 1 is 1.03 bits per heavy atom. The van der Waals surface area contributed by atoms with Crippen molar-refractivity contribution in [3.8, 4) is 0 Å². The van der Waals surface area contributed by atoms with Gasteiger partial charge in [-0.3, -0.25) is 4.90 Å². The fourth-order valence-electron chi connectivity index (χ4n) is 5.82. The lowest BCUT2D eigenvalue weighted by Crippen LogP contribution is -2.61. The first-order chi connectivity index (χ1) is 17.5. The van der Waals surface area contributed by atoms with Crippen LogP contribution >= 0.6 is 0 Å². The first-order valence-corrected chi connectivity index (χ1v) is 13.0. The SMILES string of the molecule is CC1CN(c2ccc(Nc3ncc(F)c(NC4CC(C)(C)N(C)C(C)(C)C4)n3)cc2C(F)(F)F)CC(C)O1. The zero-order chi connectivity index (χ0) is 28.0. The Balaban J connectivity index is 1.56. The lowest BCUT2D eigenvalue weighted by atomic mass is 9.77. The number of nitrogens with zero attached hydrogens (tertiary/aromatic N) is 4. The Hall–Kier alpha value is -2.66. The monoisotopic (exact) mass is 538 g/mol. The third kappa shape index (κ3) is 6.14. The number of morpholine rings is 1. The van der Waals surface area contributed by atoms with Crippen LogP contribution < -0.4 is 15.5 Å². The van der Waals surface area contributed by atoms with Crippen LogP contribution in [0.2, 0.25) is 0 Å². The van der Waals surface area contributed by atoms with E-state index in [1.165, 1.54) is 6.07 Å². The average molecular weight is 539 g/mol. The van der Waals surface area contributed by atoms with E-state index in [1.54, 1.807) is 11.0 Å². The number of ether oxygens (including phenoxy) is 1. The maximum Gasteiger partial charge on any atom is 0.418 e. The van der Waals surface area contributed by atoms with Gasteiger partial charge >= 0.3 is 6.18 Å². The van der Waals surface area contributed by atoms with Gasteiger partial charge in [0.25, 0.3) is 0 Å². The molecule has 0 spiro atoms. The number of hydrogen-bond donors (Lipinski definition) is 2. The van der Waals surface area contributed by atoms with Crippen LogP contribution in [0, 0.1) is 5.82 Å². The Morgan fingerprint density at radius 2 is 1.63 bits per heavy atom. The van der Waals surface area contributed by atoms with Gasteiger partial charge in [0.05, 0.1) is 24.0 Å². The van der Waals surface area contributed by atoms with Crippen molar-refractivity contribution in [2.45, 2.75) is 89.9 Å². The predicted molar refractivity (Wildman–Crippen MR) is 142 cm³/mol. The van der Waals surface area contributed by atoms with E-state index in [9.17, 15) is 17.6 Å². The van der Waals surface area contributed by atoms with E-state index in [2.05, 4.69) is 60.2 Å². The maximum absolute atomic E-state index is 14.7. The summed E-state index contributed by atoms with van der Waals surface area (Å²) in [6.45, 7) is 13.0. The quantitative estimate of drug-likeness (QED) is 0.449. The molecule has 7 nitrogen and oxygen atoms in total. The number of aromatic nitrogens is 2. The fraction of sp³-hybridized carbons (Fsp3) is 0.630. The third-order valence-corrected chi connectivity index (χ3v) is 7.71. The molecular formula is C27H38F4N6O. The first-order valence-electron chi connectivity index (χ1n) is 13.0. The minimum Gasteiger partial charge on any atom is -0.372 e. The third-order valence-electron chi connectivity index (χ3n) is 7.71. The second-order valence-electron chi connectivity index (χ2n) is 11.8. The summed E-state index contributed by atoms with van der Waals surface area (Å²) in [5, 5.41) is 6.04. The topological polar surface area (TPSA) is 65.5 Å². The zero-order valence-corrected chi connectivity index (χ0v) is 23.1. The molecule has 2 atom stereocenters. The van der Waals surface area contributed by atoms with E-state index in [-0.39, 0.29) is 52.5 Å². The van der Waals surface area contributed by atoms with Crippen LogP contribution in [0.5, 0.6) is 0 Å². The molecule has 2 unspecified atom stereocenters. The van der Waals surface area contributed by atoms with Gasteiger partial charge in [-0.1, -0.05) is 0 Å². The summed E-state index contributed by atoms with van der Waals surface area (Å²) >= 11 is 0. The number of halogens is 4. The summed E-state index contributed by atoms with van der Waals surface area (Å²) in [7, 11) is 2.09. The Kier molecular flexibility index (Phi) is 7.57. The fourth-order valence-corrected chi connectivity index (χ4v) is 5.82. The number of benzene rings is 1. The molecule has 3 heterocycles. The van der Waals surface area contributed by atoms with E-state index in [0.29, 0.717) is 13.1 Å². The van der Waals surface area contributed by atoms with E-state index in [4.69, 9.17) is 4.74 Å². The number of hydrogen-bond acceptors (Lipinski definition) is 7. The molecule has 1 aromatic carbocycles. The molecule has 2 aliphatic heterocycles. The summed E-state index contributed by atoms with van der Waals surface area (Å²) in [6, 6.07) is 4.00. The van der Waals surface area contributed by atoms with Crippen LogP contribution in [-0.4, -0.2) is 64.3 Å². The molecule has 210 valence electrons. The van der Waals surface area contributed by atoms with Crippen molar-refractivity contribution in [2.75, 3.05) is 35.7 Å². The molecule has 0 aliphatic carbocycles. The van der Waals surface area contributed by atoms with Crippen molar-refractivity contribution in [3.05, 3.63) is 35.8 Å². The number of piperidine rings is 1. The van der Waals surface area contributed by atoms with E-state index in [1.807, 2.05) is 13.8 Å². The maximum atomic E-state index is 14.7. The molecule has 38 heavy (non-hydrogen) atoms. The minimum atomic E-state index is -4.57. The van der Waals surface area contributed by atoms with Crippen molar-refractivity contribution in [2.24, 2.45) is 0 Å². The van der Waals surface area contributed by atoms with Gasteiger partial charge in [0.15, 0.2) is 11.6 Å². The summed E-state index contributed by atoms with van der Waals surface area (Å²) in [4.78, 5) is 12.3. The molecule has 0 amide bonds. The van der Waals surface area contributed by atoms with E-state index < -0.39 is 17.6 Å². The molecule has 0 saturated carbocycles. The van der Waals surface area contributed by atoms with Crippen LogP contribution in [0.3, 0.4) is 0 Å². The highest BCUT2D eigenvalue weighted by molar-refractivity contribution is 5.65. The number of rotatable bonds is 5. The minimum absolute atomic E-state index is 0.00911. The summed E-state index contributed by atoms with van der Waals surface area (Å²) in [5.41, 5.74) is -0.736. The molecule has 2 N–H and O–H groups in total.